The minimum atomic E-state index is -1.29. The summed E-state index contributed by atoms with van der Waals surface area (Å²) >= 11 is 1.32. The molecule has 4 N–H and O–H groups in total. The van der Waals surface area contributed by atoms with Crippen molar-refractivity contribution in [1.82, 2.24) is 5.32 Å². The van der Waals surface area contributed by atoms with Crippen LogP contribution in [0.4, 0.5) is 0 Å². The third-order valence-corrected chi connectivity index (χ3v) is 3.95. The average molecular weight is 284 g/mol. The molecule has 7 heteroatoms. The molecule has 0 fully saturated rings. The molecule has 104 valence electrons. The molecule has 0 spiro atoms. The van der Waals surface area contributed by atoms with Gasteiger partial charge < -0.3 is 16.2 Å². The fourth-order valence-corrected chi connectivity index (χ4v) is 2.63. The molecule has 0 aromatic carbocycles. The summed E-state index contributed by atoms with van der Waals surface area (Å²) < 4.78 is 0. The van der Waals surface area contributed by atoms with Gasteiger partial charge in [0, 0.05) is 4.88 Å². The number of aliphatic carboxylic acids is 1. The van der Waals surface area contributed by atoms with Gasteiger partial charge in [0.1, 0.15) is 6.04 Å². The Balaban J connectivity index is 2.81. The number of carbonyl (C=O) groups is 3. The monoisotopic (exact) mass is 284 g/mol. The van der Waals surface area contributed by atoms with Gasteiger partial charge in [-0.25, -0.2) is 4.79 Å². The molecule has 2 amide bonds. The first-order chi connectivity index (χ1) is 8.85. The van der Waals surface area contributed by atoms with Crippen LogP contribution in [0.15, 0.2) is 6.07 Å². The van der Waals surface area contributed by atoms with E-state index in [9.17, 15) is 14.4 Å². The van der Waals surface area contributed by atoms with E-state index < -0.39 is 30.2 Å². The highest BCUT2D eigenvalue weighted by molar-refractivity contribution is 7.14. The largest absolute Gasteiger partial charge is 0.480 e. The van der Waals surface area contributed by atoms with Crippen molar-refractivity contribution in [2.45, 2.75) is 32.7 Å². The average Bonchev–Trinajstić information content (AvgIpc) is 2.69. The van der Waals surface area contributed by atoms with Gasteiger partial charge >= 0.3 is 5.97 Å². The Kier molecular flexibility index (Phi) is 5.05. The van der Waals surface area contributed by atoms with Crippen molar-refractivity contribution >= 4 is 29.1 Å². The van der Waals surface area contributed by atoms with Crippen LogP contribution < -0.4 is 11.1 Å². The molecule has 6 nitrogen and oxygen atoms in total. The smallest absolute Gasteiger partial charge is 0.326 e. The molecule has 1 aromatic heterocycles. The van der Waals surface area contributed by atoms with Gasteiger partial charge in [-0.2, -0.15) is 0 Å². The molecule has 1 rings (SSSR count). The number of nitrogens with one attached hydrogen (secondary N) is 1. The maximum Gasteiger partial charge on any atom is 0.326 e. The predicted octanol–water partition coefficient (Wildman–Crippen LogP) is 0.677. The van der Waals surface area contributed by atoms with Crippen LogP contribution in [0.3, 0.4) is 0 Å². The van der Waals surface area contributed by atoms with E-state index in [-0.39, 0.29) is 0 Å². The maximum atomic E-state index is 11.9. The lowest BCUT2D eigenvalue weighted by molar-refractivity contribution is -0.140. The minimum Gasteiger partial charge on any atom is -0.480 e. The maximum absolute atomic E-state index is 11.9. The quantitative estimate of drug-likeness (QED) is 0.713. The van der Waals surface area contributed by atoms with E-state index >= 15 is 0 Å². The molecule has 0 aliphatic rings. The van der Waals surface area contributed by atoms with Gasteiger partial charge in [0.25, 0.3) is 5.91 Å². The van der Waals surface area contributed by atoms with Crippen molar-refractivity contribution in [3.05, 3.63) is 21.4 Å². The number of primary amides is 1. The molecule has 19 heavy (non-hydrogen) atoms. The molecular formula is C12H16N2O4S. The molecule has 1 atom stereocenters. The number of thiophene rings is 1. The first-order valence-electron chi connectivity index (χ1n) is 5.76. The van der Waals surface area contributed by atoms with Gasteiger partial charge in [-0.3, -0.25) is 9.59 Å². The number of amides is 2. The van der Waals surface area contributed by atoms with E-state index in [1.807, 2.05) is 13.8 Å². The van der Waals surface area contributed by atoms with Gasteiger partial charge in [-0.15, -0.1) is 11.3 Å². The van der Waals surface area contributed by atoms with E-state index in [0.29, 0.717) is 4.88 Å². The highest BCUT2D eigenvalue weighted by atomic mass is 32.1. The summed E-state index contributed by atoms with van der Waals surface area (Å²) in [4.78, 5) is 35.1. The standard InChI is InChI=1S/C12H16N2O4S/c1-3-8-6(2)4-9(19-8)11(16)14-7(12(17)18)5-10(13)15/h4,7H,3,5H2,1-2H3,(H2,13,15)(H,14,16)(H,17,18)/t7-/m0/s1. The first-order valence-corrected chi connectivity index (χ1v) is 6.58. The highest BCUT2D eigenvalue weighted by Crippen LogP contribution is 2.22. The lowest BCUT2D eigenvalue weighted by Crippen LogP contribution is -2.43. The minimum absolute atomic E-state index is 0.425. The Bertz CT molecular complexity index is 510. The summed E-state index contributed by atoms with van der Waals surface area (Å²) in [6.45, 7) is 3.87. The van der Waals surface area contributed by atoms with E-state index in [1.54, 1.807) is 6.07 Å². The fraction of sp³-hybridized carbons (Fsp3) is 0.417. The SMILES string of the molecule is CCc1sc(C(=O)N[C@@H](CC(N)=O)C(=O)O)cc1C. The van der Waals surface area contributed by atoms with Crippen LogP contribution in [-0.2, 0) is 16.0 Å². The van der Waals surface area contributed by atoms with Crippen LogP contribution in [0.2, 0.25) is 0 Å². The Morgan fingerprint density at radius 1 is 1.47 bits per heavy atom. The first kappa shape index (κ1) is 15.2. The summed E-state index contributed by atoms with van der Waals surface area (Å²) in [5, 5.41) is 11.2. The normalized spacial score (nSPS) is 11.9. The van der Waals surface area contributed by atoms with E-state index in [4.69, 9.17) is 10.8 Å². The molecule has 0 saturated heterocycles. The number of hydrogen-bond acceptors (Lipinski definition) is 4. The number of rotatable bonds is 6. The van der Waals surface area contributed by atoms with Gasteiger partial charge in [-0.05, 0) is 25.0 Å². The Hall–Kier alpha value is -1.89. The molecule has 1 aromatic rings. The third-order valence-electron chi connectivity index (χ3n) is 2.57. The fourth-order valence-electron chi connectivity index (χ4n) is 1.61. The Labute approximate surface area is 114 Å². The second-order valence-corrected chi connectivity index (χ2v) is 5.24. The lowest BCUT2D eigenvalue weighted by atomic mass is 10.2. The highest BCUT2D eigenvalue weighted by Gasteiger charge is 2.23. The summed E-state index contributed by atoms with van der Waals surface area (Å²) in [6.07, 6.45) is 0.388. The van der Waals surface area contributed by atoms with E-state index in [1.165, 1.54) is 11.3 Å². The summed E-state index contributed by atoms with van der Waals surface area (Å²) in [5.74, 6) is -2.55. The van der Waals surface area contributed by atoms with Crippen molar-refractivity contribution in [2.24, 2.45) is 5.73 Å². The van der Waals surface area contributed by atoms with E-state index in [0.717, 1.165) is 16.9 Å². The molecule has 0 aliphatic heterocycles. The number of nitrogens with two attached hydrogens (primary N) is 1. The topological polar surface area (TPSA) is 109 Å². The lowest BCUT2D eigenvalue weighted by Gasteiger charge is -2.11. The Morgan fingerprint density at radius 3 is 2.53 bits per heavy atom. The van der Waals surface area contributed by atoms with Crippen molar-refractivity contribution in [2.75, 3.05) is 0 Å². The molecule has 0 bridgehead atoms. The van der Waals surface area contributed by atoms with Gasteiger partial charge in [0.15, 0.2) is 0 Å². The number of carboxylic acid groups (broad SMARTS) is 1. The van der Waals surface area contributed by atoms with Crippen molar-refractivity contribution in [3.63, 3.8) is 0 Å². The molecule has 0 radical (unpaired) electrons. The summed E-state index contributed by atoms with van der Waals surface area (Å²) in [6, 6.07) is 0.416. The molecule has 0 unspecified atom stereocenters. The number of carboxylic acids is 1. The number of aryl methyl sites for hydroxylation is 2. The van der Waals surface area contributed by atoms with Crippen molar-refractivity contribution in [1.29, 1.82) is 0 Å². The zero-order valence-corrected chi connectivity index (χ0v) is 11.5. The van der Waals surface area contributed by atoms with Crippen LogP contribution in [0.25, 0.3) is 0 Å². The van der Waals surface area contributed by atoms with E-state index in [2.05, 4.69) is 5.32 Å². The van der Waals surface area contributed by atoms with Crippen molar-refractivity contribution in [3.8, 4) is 0 Å². The van der Waals surface area contributed by atoms with Crippen molar-refractivity contribution < 1.29 is 19.5 Å². The number of carbonyl (C=O) groups excluding carboxylic acids is 2. The summed E-state index contributed by atoms with van der Waals surface area (Å²) in [5.41, 5.74) is 5.94. The van der Waals surface area contributed by atoms with Crippen LogP contribution >= 0.6 is 11.3 Å². The molecular weight excluding hydrogens is 268 g/mol. The third kappa shape index (κ3) is 4.06. The van der Waals surface area contributed by atoms with Gasteiger partial charge in [-0.1, -0.05) is 6.92 Å². The second-order valence-electron chi connectivity index (χ2n) is 4.11. The van der Waals surface area contributed by atoms with Gasteiger partial charge in [0.2, 0.25) is 5.91 Å². The Morgan fingerprint density at radius 2 is 2.11 bits per heavy atom. The van der Waals surface area contributed by atoms with Crippen LogP contribution in [0, 0.1) is 6.92 Å². The molecule has 0 saturated carbocycles. The summed E-state index contributed by atoms with van der Waals surface area (Å²) in [7, 11) is 0. The van der Waals surface area contributed by atoms with Crippen LogP contribution in [-0.4, -0.2) is 28.9 Å². The zero-order chi connectivity index (χ0) is 14.6. The van der Waals surface area contributed by atoms with Crippen LogP contribution in [0.1, 0.15) is 33.5 Å². The predicted molar refractivity (Wildman–Crippen MR) is 71.1 cm³/mol. The van der Waals surface area contributed by atoms with Crippen LogP contribution in [0.5, 0.6) is 0 Å². The van der Waals surface area contributed by atoms with Gasteiger partial charge in [0.05, 0.1) is 11.3 Å². The second kappa shape index (κ2) is 6.33. The number of hydrogen-bond donors (Lipinski definition) is 3. The molecule has 1 heterocycles. The zero-order valence-electron chi connectivity index (χ0n) is 10.7. The molecule has 0 aliphatic carbocycles.